The smallest absolute Gasteiger partial charge is 0.226 e. The summed E-state index contributed by atoms with van der Waals surface area (Å²) in [5.41, 5.74) is 0. The van der Waals surface area contributed by atoms with E-state index in [0.29, 0.717) is 18.3 Å². The van der Waals surface area contributed by atoms with Crippen LogP contribution in [0.2, 0.25) is 0 Å². The second kappa shape index (κ2) is 3.50. The summed E-state index contributed by atoms with van der Waals surface area (Å²) in [4.78, 5) is 13.5. The van der Waals surface area contributed by atoms with Gasteiger partial charge in [-0.3, -0.25) is 4.79 Å². The van der Waals surface area contributed by atoms with Crippen molar-refractivity contribution in [3.05, 3.63) is 12.7 Å². The number of hydrogen-bond acceptors (Lipinski definition) is 2. The van der Waals surface area contributed by atoms with Crippen LogP contribution in [-0.4, -0.2) is 37.0 Å². The van der Waals surface area contributed by atoms with Crippen LogP contribution in [0.1, 0.15) is 6.42 Å². The molecule has 2 aliphatic rings. The number of nitrogens with one attached hydrogen (secondary N) is 1. The lowest BCUT2D eigenvalue weighted by Gasteiger charge is -2.16. The molecule has 1 amide bonds. The van der Waals surface area contributed by atoms with E-state index >= 15 is 0 Å². The van der Waals surface area contributed by atoms with E-state index in [2.05, 4.69) is 11.9 Å². The Balaban J connectivity index is 1.91. The molecule has 0 aromatic rings. The zero-order valence-corrected chi connectivity index (χ0v) is 7.83. The summed E-state index contributed by atoms with van der Waals surface area (Å²) in [7, 11) is 0. The third-order valence-corrected chi connectivity index (χ3v) is 3.06. The number of hydrogen-bond donors (Lipinski definition) is 1. The van der Waals surface area contributed by atoms with Crippen molar-refractivity contribution in [3.63, 3.8) is 0 Å². The van der Waals surface area contributed by atoms with Crippen molar-refractivity contribution in [3.8, 4) is 0 Å². The van der Waals surface area contributed by atoms with Crippen LogP contribution < -0.4 is 5.32 Å². The number of likely N-dealkylation sites (tertiary alicyclic amines) is 1. The minimum absolute atomic E-state index is 0.240. The molecular weight excluding hydrogens is 164 g/mol. The largest absolute Gasteiger partial charge is 0.342 e. The van der Waals surface area contributed by atoms with Gasteiger partial charge in [-0.1, -0.05) is 6.08 Å². The SMILES string of the molecule is C=CCC(=O)N1CC2CNCC2C1. The van der Waals surface area contributed by atoms with E-state index in [1.54, 1.807) is 6.08 Å². The van der Waals surface area contributed by atoms with E-state index in [1.807, 2.05) is 4.90 Å². The minimum atomic E-state index is 0.240. The number of carbonyl (C=O) groups is 1. The molecule has 13 heavy (non-hydrogen) atoms. The van der Waals surface area contributed by atoms with E-state index in [4.69, 9.17) is 0 Å². The molecule has 0 spiro atoms. The van der Waals surface area contributed by atoms with E-state index in [1.165, 1.54) is 0 Å². The molecule has 2 atom stereocenters. The van der Waals surface area contributed by atoms with Crippen molar-refractivity contribution in [2.75, 3.05) is 26.2 Å². The van der Waals surface area contributed by atoms with Crippen LogP contribution in [0.5, 0.6) is 0 Å². The molecule has 1 N–H and O–H groups in total. The highest BCUT2D eigenvalue weighted by molar-refractivity contribution is 5.77. The zero-order valence-electron chi connectivity index (χ0n) is 7.83. The van der Waals surface area contributed by atoms with E-state index in [9.17, 15) is 4.79 Å². The first kappa shape index (κ1) is 8.75. The summed E-state index contributed by atoms with van der Waals surface area (Å²) in [6.07, 6.45) is 2.18. The van der Waals surface area contributed by atoms with Gasteiger partial charge in [0.05, 0.1) is 0 Å². The van der Waals surface area contributed by atoms with E-state index in [0.717, 1.165) is 26.2 Å². The monoisotopic (exact) mass is 180 g/mol. The van der Waals surface area contributed by atoms with Gasteiger partial charge in [0.2, 0.25) is 5.91 Å². The third-order valence-electron chi connectivity index (χ3n) is 3.06. The molecule has 0 aromatic carbocycles. The van der Waals surface area contributed by atoms with Gasteiger partial charge < -0.3 is 10.2 Å². The Morgan fingerprint density at radius 3 is 2.62 bits per heavy atom. The second-order valence-electron chi connectivity index (χ2n) is 3.97. The average molecular weight is 180 g/mol. The van der Waals surface area contributed by atoms with Crippen LogP contribution in [0.25, 0.3) is 0 Å². The standard InChI is InChI=1S/C10H16N2O/c1-2-3-10(13)12-6-8-4-11-5-9(8)7-12/h2,8-9,11H,1,3-7H2. The summed E-state index contributed by atoms with van der Waals surface area (Å²) in [6, 6.07) is 0. The quantitative estimate of drug-likeness (QED) is 0.617. The molecule has 72 valence electrons. The van der Waals surface area contributed by atoms with Gasteiger partial charge in [0.1, 0.15) is 0 Å². The number of nitrogens with zero attached hydrogens (tertiary/aromatic N) is 1. The van der Waals surface area contributed by atoms with Crippen LogP contribution in [-0.2, 0) is 4.79 Å². The molecule has 2 aliphatic heterocycles. The molecule has 2 heterocycles. The van der Waals surface area contributed by atoms with Crippen LogP contribution >= 0.6 is 0 Å². The summed E-state index contributed by atoms with van der Waals surface area (Å²) in [5, 5.41) is 3.36. The Morgan fingerprint density at radius 1 is 1.46 bits per heavy atom. The Labute approximate surface area is 78.8 Å². The normalized spacial score (nSPS) is 31.8. The van der Waals surface area contributed by atoms with Crippen LogP contribution in [0.3, 0.4) is 0 Å². The first-order valence-corrected chi connectivity index (χ1v) is 4.90. The van der Waals surface area contributed by atoms with Gasteiger partial charge in [0.15, 0.2) is 0 Å². The van der Waals surface area contributed by atoms with Crippen molar-refractivity contribution in [1.82, 2.24) is 10.2 Å². The Hall–Kier alpha value is -0.830. The topological polar surface area (TPSA) is 32.3 Å². The third kappa shape index (κ3) is 1.61. The highest BCUT2D eigenvalue weighted by Gasteiger charge is 2.37. The zero-order chi connectivity index (χ0) is 9.26. The van der Waals surface area contributed by atoms with Crippen molar-refractivity contribution < 1.29 is 4.79 Å². The molecular formula is C10H16N2O. The number of amides is 1. The maximum absolute atomic E-state index is 11.5. The summed E-state index contributed by atoms with van der Waals surface area (Å²) >= 11 is 0. The molecule has 2 rings (SSSR count). The second-order valence-corrected chi connectivity index (χ2v) is 3.97. The predicted molar refractivity (Wildman–Crippen MR) is 51.2 cm³/mol. The fourth-order valence-electron chi connectivity index (χ4n) is 2.31. The molecule has 0 saturated carbocycles. The maximum atomic E-state index is 11.5. The molecule has 2 saturated heterocycles. The molecule has 0 radical (unpaired) electrons. The lowest BCUT2D eigenvalue weighted by Crippen LogP contribution is -2.31. The van der Waals surface area contributed by atoms with Gasteiger partial charge in [-0.25, -0.2) is 0 Å². The van der Waals surface area contributed by atoms with Gasteiger partial charge in [-0.15, -0.1) is 6.58 Å². The van der Waals surface area contributed by atoms with Gasteiger partial charge in [-0.2, -0.15) is 0 Å². The molecule has 0 bridgehead atoms. The first-order valence-electron chi connectivity index (χ1n) is 4.90. The van der Waals surface area contributed by atoms with Crippen molar-refractivity contribution >= 4 is 5.91 Å². The molecule has 2 unspecified atom stereocenters. The Bertz CT molecular complexity index is 215. The summed E-state index contributed by atoms with van der Waals surface area (Å²) in [5.74, 6) is 1.65. The van der Waals surface area contributed by atoms with Gasteiger partial charge >= 0.3 is 0 Å². The molecule has 3 heteroatoms. The lowest BCUT2D eigenvalue weighted by molar-refractivity contribution is -0.129. The van der Waals surface area contributed by atoms with Gasteiger partial charge in [-0.05, 0) is 11.8 Å². The lowest BCUT2D eigenvalue weighted by atomic mass is 10.0. The number of fused-ring (bicyclic) bond motifs is 1. The van der Waals surface area contributed by atoms with E-state index < -0.39 is 0 Å². The molecule has 3 nitrogen and oxygen atoms in total. The highest BCUT2D eigenvalue weighted by Crippen LogP contribution is 2.26. The molecule has 0 aromatic heterocycles. The van der Waals surface area contributed by atoms with E-state index in [-0.39, 0.29) is 5.91 Å². The van der Waals surface area contributed by atoms with Crippen LogP contribution in [0, 0.1) is 11.8 Å². The highest BCUT2D eigenvalue weighted by atomic mass is 16.2. The average Bonchev–Trinajstić information content (AvgIpc) is 2.61. The van der Waals surface area contributed by atoms with Crippen molar-refractivity contribution in [2.45, 2.75) is 6.42 Å². The van der Waals surface area contributed by atoms with Crippen molar-refractivity contribution in [1.29, 1.82) is 0 Å². The number of rotatable bonds is 2. The minimum Gasteiger partial charge on any atom is -0.342 e. The predicted octanol–water partition coefficient (Wildman–Crippen LogP) is 0.240. The van der Waals surface area contributed by atoms with Crippen LogP contribution in [0.15, 0.2) is 12.7 Å². The molecule has 2 fully saturated rings. The van der Waals surface area contributed by atoms with Crippen molar-refractivity contribution in [2.24, 2.45) is 11.8 Å². The first-order chi connectivity index (χ1) is 6.31. The van der Waals surface area contributed by atoms with Crippen LogP contribution in [0.4, 0.5) is 0 Å². The summed E-state index contributed by atoms with van der Waals surface area (Å²) in [6.45, 7) is 7.65. The fourth-order valence-corrected chi connectivity index (χ4v) is 2.31. The fraction of sp³-hybridized carbons (Fsp3) is 0.700. The van der Waals surface area contributed by atoms with Gasteiger partial charge in [0.25, 0.3) is 0 Å². The summed E-state index contributed by atoms with van der Waals surface area (Å²) < 4.78 is 0. The Kier molecular flexibility index (Phi) is 2.36. The number of carbonyl (C=O) groups excluding carboxylic acids is 1. The molecule has 0 aliphatic carbocycles. The maximum Gasteiger partial charge on any atom is 0.226 e. The Morgan fingerprint density at radius 2 is 2.08 bits per heavy atom. The van der Waals surface area contributed by atoms with Gasteiger partial charge in [0, 0.05) is 32.6 Å².